The van der Waals surface area contributed by atoms with Crippen LogP contribution in [0.15, 0.2) is 30.6 Å². The number of nitrogens with one attached hydrogen (secondary N) is 1. The summed E-state index contributed by atoms with van der Waals surface area (Å²) in [6, 6.07) is 6.84. The van der Waals surface area contributed by atoms with E-state index < -0.39 is 0 Å². The van der Waals surface area contributed by atoms with Crippen LogP contribution in [0.3, 0.4) is 0 Å². The van der Waals surface area contributed by atoms with Gasteiger partial charge < -0.3 is 9.88 Å². The lowest BCUT2D eigenvalue weighted by Gasteiger charge is -2.11. The first-order valence-electron chi connectivity index (χ1n) is 5.07. The first-order valence-corrected chi connectivity index (χ1v) is 5.07. The van der Waals surface area contributed by atoms with Crippen molar-refractivity contribution in [2.24, 2.45) is 0 Å². The van der Waals surface area contributed by atoms with E-state index in [1.807, 2.05) is 12.3 Å². The van der Waals surface area contributed by atoms with Crippen molar-refractivity contribution in [2.75, 3.05) is 13.1 Å². The quantitative estimate of drug-likeness (QED) is 0.734. The third kappa shape index (κ3) is 1.13. The molecule has 3 heterocycles. The van der Waals surface area contributed by atoms with E-state index in [0.717, 1.165) is 18.6 Å². The van der Waals surface area contributed by atoms with Crippen molar-refractivity contribution in [1.29, 1.82) is 0 Å². The Kier molecular flexibility index (Phi) is 1.77. The van der Waals surface area contributed by atoms with Crippen LogP contribution in [-0.2, 0) is 0 Å². The average Bonchev–Trinajstić information content (AvgIpc) is 2.85. The van der Waals surface area contributed by atoms with E-state index in [0.29, 0.717) is 6.04 Å². The summed E-state index contributed by atoms with van der Waals surface area (Å²) in [6.45, 7) is 2.21. The second-order valence-electron chi connectivity index (χ2n) is 3.78. The molecule has 1 saturated heterocycles. The Labute approximate surface area is 82.8 Å². The molecule has 0 aliphatic carbocycles. The average molecular weight is 187 g/mol. The van der Waals surface area contributed by atoms with Gasteiger partial charge in [0.25, 0.3) is 0 Å². The minimum absolute atomic E-state index is 0.608. The van der Waals surface area contributed by atoms with Crippen LogP contribution in [0, 0.1) is 0 Å². The van der Waals surface area contributed by atoms with E-state index in [2.05, 4.69) is 33.2 Å². The maximum absolute atomic E-state index is 4.33. The highest BCUT2D eigenvalue weighted by Gasteiger charge is 2.17. The van der Waals surface area contributed by atoms with Crippen LogP contribution in [0.5, 0.6) is 0 Å². The molecule has 3 rings (SSSR count). The second kappa shape index (κ2) is 3.10. The molecule has 3 heteroatoms. The van der Waals surface area contributed by atoms with Crippen molar-refractivity contribution < 1.29 is 0 Å². The highest BCUT2D eigenvalue weighted by atomic mass is 15.1. The summed E-state index contributed by atoms with van der Waals surface area (Å²) in [6.07, 6.45) is 5.22. The van der Waals surface area contributed by atoms with Gasteiger partial charge in [-0.3, -0.25) is 4.98 Å². The van der Waals surface area contributed by atoms with Crippen LogP contribution >= 0.6 is 0 Å². The van der Waals surface area contributed by atoms with E-state index in [-0.39, 0.29) is 0 Å². The minimum atomic E-state index is 0.608. The normalized spacial score (nSPS) is 21.9. The molecule has 0 spiro atoms. The van der Waals surface area contributed by atoms with Crippen molar-refractivity contribution in [1.82, 2.24) is 14.9 Å². The molecule has 2 aromatic rings. The van der Waals surface area contributed by atoms with E-state index in [1.165, 1.54) is 11.9 Å². The molecular weight excluding hydrogens is 174 g/mol. The molecule has 0 unspecified atom stereocenters. The third-order valence-electron chi connectivity index (χ3n) is 2.92. The molecule has 72 valence electrons. The zero-order valence-corrected chi connectivity index (χ0v) is 7.98. The molecule has 1 atom stereocenters. The Hall–Kier alpha value is -1.35. The SMILES string of the molecule is c1cnc2ccn([C@@H]3CCNC3)c2c1. The molecule has 1 fully saturated rings. The number of pyridine rings is 1. The van der Waals surface area contributed by atoms with Crippen LogP contribution < -0.4 is 5.32 Å². The van der Waals surface area contributed by atoms with Gasteiger partial charge in [0, 0.05) is 25.0 Å². The van der Waals surface area contributed by atoms with Crippen molar-refractivity contribution in [3.63, 3.8) is 0 Å². The van der Waals surface area contributed by atoms with Crippen LogP contribution in [-0.4, -0.2) is 22.6 Å². The molecule has 0 saturated carbocycles. The molecule has 0 bridgehead atoms. The fraction of sp³-hybridized carbons (Fsp3) is 0.364. The highest BCUT2D eigenvalue weighted by Crippen LogP contribution is 2.21. The van der Waals surface area contributed by atoms with E-state index in [1.54, 1.807) is 0 Å². The zero-order chi connectivity index (χ0) is 9.38. The Balaban J connectivity index is 2.11. The molecular formula is C11H13N3. The van der Waals surface area contributed by atoms with Gasteiger partial charge in [-0.15, -0.1) is 0 Å². The lowest BCUT2D eigenvalue weighted by molar-refractivity contribution is 0.565. The van der Waals surface area contributed by atoms with Crippen LogP contribution in [0.2, 0.25) is 0 Å². The monoisotopic (exact) mass is 187 g/mol. The molecule has 3 nitrogen and oxygen atoms in total. The largest absolute Gasteiger partial charge is 0.342 e. The molecule has 1 N–H and O–H groups in total. The standard InChI is InChI=1S/C11H13N3/c1-2-11-10(13-5-1)4-7-14(11)9-3-6-12-8-9/h1-2,4-5,7,9,12H,3,6,8H2/t9-/m1/s1. The zero-order valence-electron chi connectivity index (χ0n) is 7.98. The van der Waals surface area contributed by atoms with E-state index >= 15 is 0 Å². The smallest absolute Gasteiger partial charge is 0.0881 e. The molecule has 0 radical (unpaired) electrons. The number of nitrogens with zero attached hydrogens (tertiary/aromatic N) is 2. The molecule has 1 aliphatic heterocycles. The lowest BCUT2D eigenvalue weighted by Crippen LogP contribution is -2.12. The Bertz CT molecular complexity index is 440. The first kappa shape index (κ1) is 8.00. The van der Waals surface area contributed by atoms with E-state index in [4.69, 9.17) is 0 Å². The van der Waals surface area contributed by atoms with Crippen LogP contribution in [0.1, 0.15) is 12.5 Å². The molecule has 2 aromatic heterocycles. The summed E-state index contributed by atoms with van der Waals surface area (Å²) < 4.78 is 2.34. The number of hydrogen-bond donors (Lipinski definition) is 1. The minimum Gasteiger partial charge on any atom is -0.342 e. The maximum Gasteiger partial charge on any atom is 0.0881 e. The predicted octanol–water partition coefficient (Wildman–Crippen LogP) is 1.57. The van der Waals surface area contributed by atoms with Gasteiger partial charge in [0.05, 0.1) is 11.0 Å². The molecule has 0 aromatic carbocycles. The molecule has 0 amide bonds. The number of fused-ring (bicyclic) bond motifs is 1. The Morgan fingerprint density at radius 1 is 1.43 bits per heavy atom. The van der Waals surface area contributed by atoms with Gasteiger partial charge >= 0.3 is 0 Å². The summed E-state index contributed by atoms with van der Waals surface area (Å²) >= 11 is 0. The first-order chi connectivity index (χ1) is 6.95. The van der Waals surface area contributed by atoms with Crippen molar-refractivity contribution in [3.05, 3.63) is 30.6 Å². The van der Waals surface area contributed by atoms with Gasteiger partial charge in [-0.1, -0.05) is 0 Å². The van der Waals surface area contributed by atoms with Crippen molar-refractivity contribution >= 4 is 11.0 Å². The lowest BCUT2D eigenvalue weighted by atomic mass is 10.2. The van der Waals surface area contributed by atoms with Crippen molar-refractivity contribution in [2.45, 2.75) is 12.5 Å². The maximum atomic E-state index is 4.33. The summed E-state index contributed by atoms with van der Waals surface area (Å²) in [4.78, 5) is 4.33. The fourth-order valence-corrected chi connectivity index (χ4v) is 2.18. The summed E-state index contributed by atoms with van der Waals surface area (Å²) in [5.74, 6) is 0. The van der Waals surface area contributed by atoms with Crippen LogP contribution in [0.4, 0.5) is 0 Å². The fourth-order valence-electron chi connectivity index (χ4n) is 2.18. The predicted molar refractivity (Wildman–Crippen MR) is 56.3 cm³/mol. The van der Waals surface area contributed by atoms with Gasteiger partial charge in [-0.2, -0.15) is 0 Å². The second-order valence-corrected chi connectivity index (χ2v) is 3.78. The summed E-state index contributed by atoms with van der Waals surface area (Å²) in [7, 11) is 0. The highest BCUT2D eigenvalue weighted by molar-refractivity contribution is 5.75. The number of hydrogen-bond acceptors (Lipinski definition) is 2. The van der Waals surface area contributed by atoms with Gasteiger partial charge in [-0.05, 0) is 31.2 Å². The number of rotatable bonds is 1. The Morgan fingerprint density at radius 3 is 3.29 bits per heavy atom. The van der Waals surface area contributed by atoms with Gasteiger partial charge in [0.2, 0.25) is 0 Å². The molecule has 1 aliphatic rings. The van der Waals surface area contributed by atoms with E-state index in [9.17, 15) is 0 Å². The summed E-state index contributed by atoms with van der Waals surface area (Å²) in [5.41, 5.74) is 2.35. The Morgan fingerprint density at radius 2 is 2.43 bits per heavy atom. The number of aromatic nitrogens is 2. The topological polar surface area (TPSA) is 29.9 Å². The van der Waals surface area contributed by atoms with Crippen molar-refractivity contribution in [3.8, 4) is 0 Å². The van der Waals surface area contributed by atoms with Gasteiger partial charge in [0.15, 0.2) is 0 Å². The van der Waals surface area contributed by atoms with Gasteiger partial charge in [0.1, 0.15) is 0 Å². The molecule has 14 heavy (non-hydrogen) atoms. The summed E-state index contributed by atoms with van der Waals surface area (Å²) in [5, 5.41) is 3.38. The van der Waals surface area contributed by atoms with Crippen LogP contribution in [0.25, 0.3) is 11.0 Å². The van der Waals surface area contributed by atoms with Gasteiger partial charge in [-0.25, -0.2) is 0 Å². The third-order valence-corrected chi connectivity index (χ3v) is 2.92.